The molecule has 2 rings (SSSR count). The molecule has 1 aliphatic rings. The summed E-state index contributed by atoms with van der Waals surface area (Å²) >= 11 is 3.46. The molecule has 1 saturated heterocycles. The summed E-state index contributed by atoms with van der Waals surface area (Å²) in [5.41, 5.74) is 7.41. The van der Waals surface area contributed by atoms with Gasteiger partial charge in [-0.25, -0.2) is 0 Å². The third-order valence-corrected chi connectivity index (χ3v) is 4.26. The van der Waals surface area contributed by atoms with Gasteiger partial charge < -0.3 is 19.9 Å². The van der Waals surface area contributed by atoms with Crippen LogP contribution in [0.5, 0.6) is 11.5 Å². The van der Waals surface area contributed by atoms with Crippen molar-refractivity contribution in [3.8, 4) is 11.5 Å². The van der Waals surface area contributed by atoms with Gasteiger partial charge in [-0.2, -0.15) is 0 Å². The third kappa shape index (κ3) is 3.22. The van der Waals surface area contributed by atoms with Crippen molar-refractivity contribution in [1.82, 2.24) is 0 Å². The average Bonchev–Trinajstić information content (AvgIpc) is 2.47. The molecule has 0 unspecified atom stereocenters. The molecular formula is C14H20BrNO3. The van der Waals surface area contributed by atoms with Crippen LogP contribution in [0.25, 0.3) is 0 Å². The molecule has 106 valence electrons. The molecule has 0 spiro atoms. The van der Waals surface area contributed by atoms with Gasteiger partial charge in [0.1, 0.15) is 11.5 Å². The maximum atomic E-state index is 6.41. The van der Waals surface area contributed by atoms with Gasteiger partial charge in [0.2, 0.25) is 0 Å². The Kier molecular flexibility index (Phi) is 5.07. The lowest BCUT2D eigenvalue weighted by Crippen LogP contribution is -2.27. The maximum absolute atomic E-state index is 6.41. The second-order valence-corrected chi connectivity index (χ2v) is 5.56. The smallest absolute Gasteiger partial charge is 0.133 e. The second kappa shape index (κ2) is 6.59. The topological polar surface area (TPSA) is 53.7 Å². The van der Waals surface area contributed by atoms with Crippen molar-refractivity contribution in [2.75, 3.05) is 27.4 Å². The lowest BCUT2D eigenvalue weighted by molar-refractivity contribution is 0.0581. The SMILES string of the molecule is COc1cc([C@@H](N)C2CCOCC2)c(OC)cc1Br. The summed E-state index contributed by atoms with van der Waals surface area (Å²) < 4.78 is 17.0. The van der Waals surface area contributed by atoms with E-state index in [0.717, 1.165) is 47.6 Å². The van der Waals surface area contributed by atoms with Crippen molar-refractivity contribution in [2.45, 2.75) is 18.9 Å². The molecule has 2 N–H and O–H groups in total. The Morgan fingerprint density at radius 1 is 1.21 bits per heavy atom. The van der Waals surface area contributed by atoms with Gasteiger partial charge in [-0.15, -0.1) is 0 Å². The predicted molar refractivity (Wildman–Crippen MR) is 77.7 cm³/mol. The molecule has 1 fully saturated rings. The van der Waals surface area contributed by atoms with E-state index in [2.05, 4.69) is 15.9 Å². The highest BCUT2D eigenvalue weighted by Gasteiger charge is 2.25. The van der Waals surface area contributed by atoms with Crippen LogP contribution in [0.15, 0.2) is 16.6 Å². The van der Waals surface area contributed by atoms with Gasteiger partial charge in [0, 0.05) is 24.8 Å². The molecule has 1 aromatic carbocycles. The number of hydrogen-bond acceptors (Lipinski definition) is 4. The molecule has 4 nitrogen and oxygen atoms in total. The van der Waals surface area contributed by atoms with Crippen LogP contribution in [0.4, 0.5) is 0 Å². The monoisotopic (exact) mass is 329 g/mol. The van der Waals surface area contributed by atoms with E-state index in [9.17, 15) is 0 Å². The van der Waals surface area contributed by atoms with E-state index >= 15 is 0 Å². The first-order valence-electron chi connectivity index (χ1n) is 6.42. The van der Waals surface area contributed by atoms with E-state index in [4.69, 9.17) is 19.9 Å². The van der Waals surface area contributed by atoms with E-state index in [1.807, 2.05) is 12.1 Å². The molecule has 0 saturated carbocycles. The van der Waals surface area contributed by atoms with Crippen molar-refractivity contribution in [2.24, 2.45) is 11.7 Å². The van der Waals surface area contributed by atoms with E-state index in [0.29, 0.717) is 5.92 Å². The number of nitrogens with two attached hydrogens (primary N) is 1. The fraction of sp³-hybridized carbons (Fsp3) is 0.571. The molecule has 1 aromatic rings. The molecule has 1 aliphatic heterocycles. The van der Waals surface area contributed by atoms with Crippen LogP contribution in [0.2, 0.25) is 0 Å². The first kappa shape index (κ1) is 14.6. The summed E-state index contributed by atoms with van der Waals surface area (Å²) in [4.78, 5) is 0. The fourth-order valence-corrected chi connectivity index (χ4v) is 2.96. The van der Waals surface area contributed by atoms with E-state index in [-0.39, 0.29) is 6.04 Å². The van der Waals surface area contributed by atoms with E-state index in [1.54, 1.807) is 14.2 Å². The van der Waals surface area contributed by atoms with Crippen LogP contribution >= 0.6 is 15.9 Å². The zero-order valence-corrected chi connectivity index (χ0v) is 12.9. The standard InChI is InChI=1S/C14H20BrNO3/c1-17-12-8-11(15)13(18-2)7-10(12)14(16)9-3-5-19-6-4-9/h7-9,14H,3-6,16H2,1-2H3/t14-/m0/s1. The summed E-state index contributed by atoms with van der Waals surface area (Å²) in [6.45, 7) is 1.57. The van der Waals surface area contributed by atoms with E-state index < -0.39 is 0 Å². The summed E-state index contributed by atoms with van der Waals surface area (Å²) in [7, 11) is 3.31. The lowest BCUT2D eigenvalue weighted by atomic mass is 9.87. The molecule has 0 radical (unpaired) electrons. The highest BCUT2D eigenvalue weighted by molar-refractivity contribution is 9.10. The molecule has 1 atom stereocenters. The Labute approximate surface area is 122 Å². The Hall–Kier alpha value is -0.780. The summed E-state index contributed by atoms with van der Waals surface area (Å²) in [6, 6.07) is 3.82. The van der Waals surface area contributed by atoms with Crippen molar-refractivity contribution in [3.63, 3.8) is 0 Å². The number of ether oxygens (including phenoxy) is 3. The molecule has 0 amide bonds. The van der Waals surface area contributed by atoms with Crippen molar-refractivity contribution in [3.05, 3.63) is 22.2 Å². The molecule has 5 heteroatoms. The van der Waals surface area contributed by atoms with Gasteiger partial charge in [-0.05, 0) is 46.8 Å². The van der Waals surface area contributed by atoms with E-state index in [1.165, 1.54) is 0 Å². The number of benzene rings is 1. The highest BCUT2D eigenvalue weighted by Crippen LogP contribution is 2.39. The Bertz CT molecular complexity index is 433. The second-order valence-electron chi connectivity index (χ2n) is 4.70. The lowest BCUT2D eigenvalue weighted by Gasteiger charge is -2.29. The minimum Gasteiger partial charge on any atom is -0.496 e. The Morgan fingerprint density at radius 2 is 1.84 bits per heavy atom. The van der Waals surface area contributed by atoms with Crippen molar-refractivity contribution >= 4 is 15.9 Å². The molecular weight excluding hydrogens is 310 g/mol. The third-order valence-electron chi connectivity index (χ3n) is 3.64. The van der Waals surface area contributed by atoms with Gasteiger partial charge in [-0.3, -0.25) is 0 Å². The predicted octanol–water partition coefficient (Wildman–Crippen LogP) is 2.89. The number of halogens is 1. The first-order valence-corrected chi connectivity index (χ1v) is 7.21. The minimum atomic E-state index is -0.0548. The van der Waals surface area contributed by atoms with Crippen LogP contribution in [-0.2, 0) is 4.74 Å². The van der Waals surface area contributed by atoms with Crippen LogP contribution in [0.1, 0.15) is 24.4 Å². The first-order chi connectivity index (χ1) is 9.17. The number of methoxy groups -OCH3 is 2. The molecule has 0 aliphatic carbocycles. The quantitative estimate of drug-likeness (QED) is 0.922. The van der Waals surface area contributed by atoms with Gasteiger partial charge in [0.05, 0.1) is 18.7 Å². The summed E-state index contributed by atoms with van der Waals surface area (Å²) in [5, 5.41) is 0. The molecule has 19 heavy (non-hydrogen) atoms. The average molecular weight is 330 g/mol. The Balaban J connectivity index is 2.30. The normalized spacial score (nSPS) is 18.1. The number of hydrogen-bond donors (Lipinski definition) is 1. The summed E-state index contributed by atoms with van der Waals surface area (Å²) in [6.07, 6.45) is 1.98. The van der Waals surface area contributed by atoms with Gasteiger partial charge >= 0.3 is 0 Å². The largest absolute Gasteiger partial charge is 0.496 e. The molecule has 1 heterocycles. The fourth-order valence-electron chi connectivity index (χ4n) is 2.47. The van der Waals surface area contributed by atoms with Gasteiger partial charge in [0.15, 0.2) is 0 Å². The van der Waals surface area contributed by atoms with Crippen LogP contribution in [-0.4, -0.2) is 27.4 Å². The van der Waals surface area contributed by atoms with Crippen LogP contribution < -0.4 is 15.2 Å². The van der Waals surface area contributed by atoms with Crippen LogP contribution in [0.3, 0.4) is 0 Å². The number of rotatable bonds is 4. The zero-order valence-electron chi connectivity index (χ0n) is 11.3. The summed E-state index contributed by atoms with van der Waals surface area (Å²) in [5.74, 6) is 2.00. The molecule has 0 aromatic heterocycles. The van der Waals surface area contributed by atoms with Crippen LogP contribution in [0, 0.1) is 5.92 Å². The van der Waals surface area contributed by atoms with Crippen molar-refractivity contribution < 1.29 is 14.2 Å². The van der Waals surface area contributed by atoms with Gasteiger partial charge in [0.25, 0.3) is 0 Å². The Morgan fingerprint density at radius 3 is 2.42 bits per heavy atom. The van der Waals surface area contributed by atoms with Gasteiger partial charge in [-0.1, -0.05) is 0 Å². The minimum absolute atomic E-state index is 0.0548. The van der Waals surface area contributed by atoms with Crippen molar-refractivity contribution in [1.29, 1.82) is 0 Å². The maximum Gasteiger partial charge on any atom is 0.133 e. The molecule has 0 bridgehead atoms. The zero-order chi connectivity index (χ0) is 13.8. The highest BCUT2D eigenvalue weighted by atomic mass is 79.9.